The zero-order valence-electron chi connectivity index (χ0n) is 14.2. The van der Waals surface area contributed by atoms with Gasteiger partial charge in [-0.05, 0) is 55.3 Å². The van der Waals surface area contributed by atoms with Crippen molar-refractivity contribution in [2.75, 3.05) is 18.5 Å². The van der Waals surface area contributed by atoms with Crippen LogP contribution in [0.2, 0.25) is 5.02 Å². The van der Waals surface area contributed by atoms with E-state index in [0.717, 1.165) is 12.8 Å². The van der Waals surface area contributed by atoms with Crippen LogP contribution in [0.3, 0.4) is 0 Å². The Morgan fingerprint density at radius 2 is 1.96 bits per heavy atom. The molecule has 6 nitrogen and oxygen atoms in total. The molecule has 0 spiro atoms. The lowest BCUT2D eigenvalue weighted by Gasteiger charge is -2.13. The monoisotopic (exact) mass is 412 g/mol. The predicted molar refractivity (Wildman–Crippen MR) is 100.0 cm³/mol. The topological polar surface area (TPSA) is 84.5 Å². The van der Waals surface area contributed by atoms with Crippen LogP contribution in [0.1, 0.15) is 23.2 Å². The van der Waals surface area contributed by atoms with E-state index < -0.39 is 21.7 Å². The quantitative estimate of drug-likeness (QED) is 0.763. The first-order valence-corrected chi connectivity index (χ1v) is 10.2. The first kappa shape index (κ1) is 19.8. The number of benzene rings is 2. The van der Waals surface area contributed by atoms with E-state index >= 15 is 0 Å². The summed E-state index contributed by atoms with van der Waals surface area (Å²) in [7, 11) is -3.90. The molecule has 9 heteroatoms. The molecule has 27 heavy (non-hydrogen) atoms. The number of sulfonamides is 1. The maximum Gasteiger partial charge on any atom is 0.255 e. The Morgan fingerprint density at radius 1 is 1.22 bits per heavy atom. The third-order valence-electron chi connectivity index (χ3n) is 4.11. The van der Waals surface area contributed by atoms with Crippen LogP contribution in [0.5, 0.6) is 0 Å². The van der Waals surface area contributed by atoms with Gasteiger partial charge in [-0.1, -0.05) is 11.6 Å². The first-order valence-electron chi connectivity index (χ1n) is 8.33. The van der Waals surface area contributed by atoms with Crippen LogP contribution in [0, 0.1) is 5.82 Å². The Kier molecular flexibility index (Phi) is 6.11. The molecule has 0 unspecified atom stereocenters. The van der Waals surface area contributed by atoms with Crippen LogP contribution in [-0.4, -0.2) is 33.6 Å². The number of hydrogen-bond donors (Lipinski definition) is 2. The zero-order chi connectivity index (χ0) is 19.4. The summed E-state index contributed by atoms with van der Waals surface area (Å²) in [6, 6.07) is 9.21. The molecule has 0 aliphatic carbocycles. The molecular weight excluding hydrogens is 395 g/mol. The molecule has 3 rings (SSSR count). The van der Waals surface area contributed by atoms with Gasteiger partial charge in [0.2, 0.25) is 10.0 Å². The van der Waals surface area contributed by atoms with Crippen LogP contribution in [-0.2, 0) is 14.8 Å². The van der Waals surface area contributed by atoms with Crippen LogP contribution in [0.4, 0.5) is 10.1 Å². The Hall–Kier alpha value is -2.00. The fraction of sp³-hybridized carbons (Fsp3) is 0.278. The second kappa shape index (κ2) is 8.35. The maximum absolute atomic E-state index is 13.0. The molecule has 1 aliphatic heterocycles. The van der Waals surface area contributed by atoms with Crippen LogP contribution in [0.15, 0.2) is 47.4 Å². The number of anilines is 1. The number of amides is 1. The lowest BCUT2D eigenvalue weighted by molar-refractivity contribution is 0.102. The number of ether oxygens (including phenoxy) is 1. The second-order valence-electron chi connectivity index (χ2n) is 6.09. The van der Waals surface area contributed by atoms with Crippen molar-refractivity contribution in [3.8, 4) is 0 Å². The smallest absolute Gasteiger partial charge is 0.255 e. The molecular formula is C18H18ClFN2O4S. The maximum atomic E-state index is 13.0. The summed E-state index contributed by atoms with van der Waals surface area (Å²) in [5.74, 6) is -0.959. The van der Waals surface area contributed by atoms with E-state index in [9.17, 15) is 17.6 Å². The van der Waals surface area contributed by atoms with Gasteiger partial charge in [0.1, 0.15) is 10.7 Å². The standard InChI is InChI=1S/C18H18ClFN2O4S/c19-16-8-3-12(18(23)22-14-6-4-13(20)5-7-14)10-17(16)27(24,25)21-11-15-2-1-9-26-15/h3-8,10,15,21H,1-2,9,11H2,(H,22,23)/t15-/m1/s1. The summed E-state index contributed by atoms with van der Waals surface area (Å²) in [4.78, 5) is 12.2. The van der Waals surface area contributed by atoms with Gasteiger partial charge in [0.15, 0.2) is 0 Å². The van der Waals surface area contributed by atoms with E-state index in [0.29, 0.717) is 12.3 Å². The van der Waals surface area contributed by atoms with Crippen molar-refractivity contribution in [1.29, 1.82) is 0 Å². The van der Waals surface area contributed by atoms with Gasteiger partial charge in [0, 0.05) is 24.4 Å². The summed E-state index contributed by atoms with van der Waals surface area (Å²) in [6.45, 7) is 0.761. The molecule has 1 aliphatic rings. The normalized spacial score (nSPS) is 17.0. The minimum absolute atomic E-state index is 0.00757. The van der Waals surface area contributed by atoms with Crippen molar-refractivity contribution < 1.29 is 22.3 Å². The van der Waals surface area contributed by atoms with E-state index in [2.05, 4.69) is 10.0 Å². The van der Waals surface area contributed by atoms with Crippen molar-refractivity contribution in [2.45, 2.75) is 23.8 Å². The summed E-state index contributed by atoms with van der Waals surface area (Å²) in [5, 5.41) is 2.58. The number of carbonyl (C=O) groups excluding carboxylic acids is 1. The fourth-order valence-corrected chi connectivity index (χ4v) is 4.26. The fourth-order valence-electron chi connectivity index (χ4n) is 2.67. The lowest BCUT2D eigenvalue weighted by atomic mass is 10.2. The molecule has 0 radical (unpaired) electrons. The van der Waals surface area contributed by atoms with E-state index in [-0.39, 0.29) is 28.1 Å². The number of carbonyl (C=O) groups is 1. The molecule has 144 valence electrons. The molecule has 1 heterocycles. The molecule has 2 aromatic carbocycles. The third kappa shape index (κ3) is 5.04. The summed E-state index contributed by atoms with van der Waals surface area (Å²) in [6.07, 6.45) is 1.52. The highest BCUT2D eigenvalue weighted by atomic mass is 35.5. The van der Waals surface area contributed by atoms with Crippen molar-refractivity contribution >= 4 is 33.2 Å². The van der Waals surface area contributed by atoms with Crippen molar-refractivity contribution in [3.05, 3.63) is 58.9 Å². The van der Waals surface area contributed by atoms with Crippen molar-refractivity contribution in [3.63, 3.8) is 0 Å². The molecule has 2 N–H and O–H groups in total. The van der Waals surface area contributed by atoms with Gasteiger partial charge in [-0.3, -0.25) is 4.79 Å². The van der Waals surface area contributed by atoms with Crippen molar-refractivity contribution in [1.82, 2.24) is 4.72 Å². The van der Waals surface area contributed by atoms with E-state index in [4.69, 9.17) is 16.3 Å². The molecule has 2 aromatic rings. The minimum atomic E-state index is -3.90. The van der Waals surface area contributed by atoms with E-state index in [1.54, 1.807) is 0 Å². The van der Waals surface area contributed by atoms with Gasteiger partial charge < -0.3 is 10.1 Å². The Morgan fingerprint density at radius 3 is 2.63 bits per heavy atom. The average Bonchev–Trinajstić information content (AvgIpc) is 3.16. The van der Waals surface area contributed by atoms with Gasteiger partial charge in [-0.15, -0.1) is 0 Å². The third-order valence-corrected chi connectivity index (χ3v) is 6.02. The average molecular weight is 413 g/mol. The Bertz CT molecular complexity index is 929. The number of rotatable bonds is 6. The predicted octanol–water partition coefficient (Wildman–Crippen LogP) is 3.19. The molecule has 1 saturated heterocycles. The Labute approximate surface area is 161 Å². The minimum Gasteiger partial charge on any atom is -0.377 e. The lowest BCUT2D eigenvalue weighted by Crippen LogP contribution is -2.32. The zero-order valence-corrected chi connectivity index (χ0v) is 15.8. The number of hydrogen-bond acceptors (Lipinski definition) is 4. The SMILES string of the molecule is O=C(Nc1ccc(F)cc1)c1ccc(Cl)c(S(=O)(=O)NC[C@H]2CCCO2)c1. The van der Waals surface area contributed by atoms with E-state index in [1.165, 1.54) is 42.5 Å². The van der Waals surface area contributed by atoms with Crippen LogP contribution < -0.4 is 10.0 Å². The molecule has 0 aromatic heterocycles. The van der Waals surface area contributed by atoms with Crippen LogP contribution >= 0.6 is 11.6 Å². The number of halogens is 2. The number of nitrogens with one attached hydrogen (secondary N) is 2. The summed E-state index contributed by atoms with van der Waals surface area (Å²) >= 11 is 6.03. The van der Waals surface area contributed by atoms with Gasteiger partial charge in [-0.25, -0.2) is 17.5 Å². The second-order valence-corrected chi connectivity index (χ2v) is 8.24. The van der Waals surface area contributed by atoms with Crippen molar-refractivity contribution in [2.24, 2.45) is 0 Å². The Balaban J connectivity index is 1.76. The highest BCUT2D eigenvalue weighted by Gasteiger charge is 2.23. The van der Waals surface area contributed by atoms with Gasteiger partial charge in [-0.2, -0.15) is 0 Å². The van der Waals surface area contributed by atoms with Gasteiger partial charge >= 0.3 is 0 Å². The van der Waals surface area contributed by atoms with E-state index in [1.807, 2.05) is 0 Å². The van der Waals surface area contributed by atoms with Gasteiger partial charge in [0.05, 0.1) is 11.1 Å². The molecule has 1 atom stereocenters. The molecule has 1 amide bonds. The summed E-state index contributed by atoms with van der Waals surface area (Å²) in [5.41, 5.74) is 0.499. The highest BCUT2D eigenvalue weighted by Crippen LogP contribution is 2.24. The molecule has 0 saturated carbocycles. The first-order chi connectivity index (χ1) is 12.8. The highest BCUT2D eigenvalue weighted by molar-refractivity contribution is 7.89. The van der Waals surface area contributed by atoms with Crippen LogP contribution in [0.25, 0.3) is 0 Å². The summed E-state index contributed by atoms with van der Waals surface area (Å²) < 4.78 is 45.9. The largest absolute Gasteiger partial charge is 0.377 e. The van der Waals surface area contributed by atoms with Gasteiger partial charge in [0.25, 0.3) is 5.91 Å². The molecule has 1 fully saturated rings. The molecule has 0 bridgehead atoms.